The van der Waals surface area contributed by atoms with Crippen molar-refractivity contribution >= 4 is 33.0 Å². The fourth-order valence-corrected chi connectivity index (χ4v) is 3.78. The lowest BCUT2D eigenvalue weighted by Crippen LogP contribution is -2.11. The van der Waals surface area contributed by atoms with E-state index in [1.807, 2.05) is 12.1 Å². The van der Waals surface area contributed by atoms with E-state index in [1.165, 1.54) is 28.4 Å². The standard InChI is InChI=1S/C17H12FN5OS/c1-10-15-13(18)6-3-7-14(15)25-16(10)17(24)20-11-4-2-5-12(8-11)23-9-19-21-22-23/h2-9H,1H3,(H,20,24). The Hall–Kier alpha value is -3.13. The summed E-state index contributed by atoms with van der Waals surface area (Å²) in [7, 11) is 0. The zero-order valence-electron chi connectivity index (χ0n) is 13.1. The van der Waals surface area contributed by atoms with Crippen LogP contribution in [0.3, 0.4) is 0 Å². The van der Waals surface area contributed by atoms with E-state index in [0.717, 1.165) is 10.4 Å². The van der Waals surface area contributed by atoms with Crippen molar-refractivity contribution < 1.29 is 9.18 Å². The molecule has 0 saturated heterocycles. The summed E-state index contributed by atoms with van der Waals surface area (Å²) in [6, 6.07) is 12.0. The Labute approximate surface area is 145 Å². The van der Waals surface area contributed by atoms with E-state index >= 15 is 0 Å². The number of thiophene rings is 1. The molecule has 4 aromatic rings. The summed E-state index contributed by atoms with van der Waals surface area (Å²) in [5.74, 6) is -0.585. The molecular weight excluding hydrogens is 341 g/mol. The number of benzene rings is 2. The summed E-state index contributed by atoms with van der Waals surface area (Å²) < 4.78 is 16.3. The van der Waals surface area contributed by atoms with Crippen LogP contribution in [0.15, 0.2) is 48.8 Å². The Morgan fingerprint density at radius 2 is 2.08 bits per heavy atom. The fourth-order valence-electron chi connectivity index (χ4n) is 2.66. The quantitative estimate of drug-likeness (QED) is 0.611. The number of aromatic nitrogens is 4. The van der Waals surface area contributed by atoms with Gasteiger partial charge in [0.2, 0.25) is 0 Å². The topological polar surface area (TPSA) is 72.7 Å². The van der Waals surface area contributed by atoms with Gasteiger partial charge in [0.05, 0.1) is 10.6 Å². The second-order valence-electron chi connectivity index (χ2n) is 5.43. The van der Waals surface area contributed by atoms with Crippen molar-refractivity contribution in [3.63, 3.8) is 0 Å². The van der Waals surface area contributed by atoms with Gasteiger partial charge >= 0.3 is 0 Å². The van der Waals surface area contributed by atoms with Crippen LogP contribution in [-0.4, -0.2) is 26.1 Å². The van der Waals surface area contributed by atoms with Crippen LogP contribution in [0.5, 0.6) is 0 Å². The number of amides is 1. The van der Waals surface area contributed by atoms with Gasteiger partial charge in [0.25, 0.3) is 5.91 Å². The summed E-state index contributed by atoms with van der Waals surface area (Å²) in [6.07, 6.45) is 1.47. The van der Waals surface area contributed by atoms with Crippen LogP contribution < -0.4 is 5.32 Å². The number of rotatable bonds is 3. The minimum Gasteiger partial charge on any atom is -0.321 e. The molecule has 0 aliphatic rings. The van der Waals surface area contributed by atoms with Crippen molar-refractivity contribution in [3.05, 3.63) is 65.0 Å². The molecule has 4 rings (SSSR count). The zero-order chi connectivity index (χ0) is 17.4. The van der Waals surface area contributed by atoms with Gasteiger partial charge in [-0.05, 0) is 53.2 Å². The molecule has 0 fully saturated rings. The third kappa shape index (κ3) is 2.76. The SMILES string of the molecule is Cc1c(C(=O)Nc2cccc(-n3cnnn3)c2)sc2cccc(F)c12. The van der Waals surface area contributed by atoms with Gasteiger partial charge in [-0.25, -0.2) is 9.07 Å². The Bertz CT molecular complexity index is 1070. The number of fused-ring (bicyclic) bond motifs is 1. The first-order valence-electron chi connectivity index (χ1n) is 7.46. The van der Waals surface area contributed by atoms with Gasteiger partial charge < -0.3 is 5.32 Å². The summed E-state index contributed by atoms with van der Waals surface area (Å²) >= 11 is 1.28. The van der Waals surface area contributed by atoms with Crippen LogP contribution in [0.4, 0.5) is 10.1 Å². The number of halogens is 1. The van der Waals surface area contributed by atoms with E-state index in [0.29, 0.717) is 21.5 Å². The van der Waals surface area contributed by atoms with Gasteiger partial charge in [0.1, 0.15) is 12.1 Å². The van der Waals surface area contributed by atoms with Crippen molar-refractivity contribution in [1.29, 1.82) is 0 Å². The van der Waals surface area contributed by atoms with Crippen molar-refractivity contribution in [1.82, 2.24) is 20.2 Å². The minimum absolute atomic E-state index is 0.271. The van der Waals surface area contributed by atoms with Gasteiger partial charge in [0, 0.05) is 15.8 Å². The monoisotopic (exact) mass is 353 g/mol. The number of tetrazole rings is 1. The molecule has 124 valence electrons. The number of nitrogens with one attached hydrogen (secondary N) is 1. The average Bonchev–Trinajstić information content (AvgIpc) is 3.24. The predicted octanol–water partition coefficient (Wildman–Crippen LogP) is 3.58. The molecular formula is C17H12FN5OS. The van der Waals surface area contributed by atoms with Crippen molar-refractivity contribution in [3.8, 4) is 5.69 Å². The largest absolute Gasteiger partial charge is 0.321 e. The highest BCUT2D eigenvalue weighted by atomic mass is 32.1. The highest BCUT2D eigenvalue weighted by Crippen LogP contribution is 2.33. The second kappa shape index (κ2) is 6.06. The first-order chi connectivity index (χ1) is 12.1. The molecule has 0 saturated carbocycles. The van der Waals surface area contributed by atoms with E-state index in [1.54, 1.807) is 31.2 Å². The Kier molecular flexibility index (Phi) is 3.73. The molecule has 2 aromatic carbocycles. The minimum atomic E-state index is -0.314. The molecule has 0 spiro atoms. The molecule has 0 bridgehead atoms. The van der Waals surface area contributed by atoms with E-state index < -0.39 is 0 Å². The normalized spacial score (nSPS) is 11.0. The summed E-state index contributed by atoms with van der Waals surface area (Å²) in [4.78, 5) is 13.1. The summed E-state index contributed by atoms with van der Waals surface area (Å²) in [6.45, 7) is 1.76. The number of carbonyl (C=O) groups excluding carboxylic acids is 1. The lowest BCUT2D eigenvalue weighted by atomic mass is 10.1. The van der Waals surface area contributed by atoms with Crippen LogP contribution >= 0.6 is 11.3 Å². The third-order valence-corrected chi connectivity index (χ3v) is 5.08. The first kappa shape index (κ1) is 15.4. The molecule has 0 unspecified atom stereocenters. The molecule has 2 heterocycles. The number of hydrogen-bond acceptors (Lipinski definition) is 5. The zero-order valence-corrected chi connectivity index (χ0v) is 13.9. The maximum atomic E-state index is 14.0. The van der Waals surface area contributed by atoms with E-state index in [-0.39, 0.29) is 11.7 Å². The molecule has 0 atom stereocenters. The molecule has 8 heteroatoms. The van der Waals surface area contributed by atoms with Gasteiger partial charge in [-0.2, -0.15) is 0 Å². The van der Waals surface area contributed by atoms with Crippen LogP contribution in [0.2, 0.25) is 0 Å². The maximum absolute atomic E-state index is 14.0. The van der Waals surface area contributed by atoms with Crippen molar-refractivity contribution in [2.24, 2.45) is 0 Å². The number of nitrogens with zero attached hydrogens (tertiary/aromatic N) is 4. The first-order valence-corrected chi connectivity index (χ1v) is 8.27. The van der Waals surface area contributed by atoms with Crippen LogP contribution in [0, 0.1) is 12.7 Å². The lowest BCUT2D eigenvalue weighted by Gasteiger charge is -2.06. The molecule has 25 heavy (non-hydrogen) atoms. The van der Waals surface area contributed by atoms with Gasteiger partial charge in [-0.1, -0.05) is 12.1 Å². The molecule has 0 radical (unpaired) electrons. The lowest BCUT2D eigenvalue weighted by molar-refractivity contribution is 0.103. The smallest absolute Gasteiger partial charge is 0.266 e. The maximum Gasteiger partial charge on any atom is 0.266 e. The highest BCUT2D eigenvalue weighted by molar-refractivity contribution is 7.21. The van der Waals surface area contributed by atoms with Gasteiger partial charge in [-0.3, -0.25) is 4.79 Å². The number of carbonyl (C=O) groups is 1. The summed E-state index contributed by atoms with van der Waals surface area (Å²) in [5, 5.41) is 14.4. The van der Waals surface area contributed by atoms with Gasteiger partial charge in [-0.15, -0.1) is 16.4 Å². The summed E-state index contributed by atoms with van der Waals surface area (Å²) in [5.41, 5.74) is 1.98. The third-order valence-electron chi connectivity index (χ3n) is 3.83. The average molecular weight is 353 g/mol. The Balaban J connectivity index is 1.66. The highest BCUT2D eigenvalue weighted by Gasteiger charge is 2.18. The van der Waals surface area contributed by atoms with Crippen LogP contribution in [0.25, 0.3) is 15.8 Å². The molecule has 1 amide bonds. The fraction of sp³-hybridized carbons (Fsp3) is 0.0588. The van der Waals surface area contributed by atoms with E-state index in [4.69, 9.17) is 0 Å². The van der Waals surface area contributed by atoms with Gasteiger partial charge in [0.15, 0.2) is 0 Å². The van der Waals surface area contributed by atoms with E-state index in [2.05, 4.69) is 20.8 Å². The van der Waals surface area contributed by atoms with Crippen LogP contribution in [0.1, 0.15) is 15.2 Å². The molecule has 0 aliphatic heterocycles. The molecule has 6 nitrogen and oxygen atoms in total. The van der Waals surface area contributed by atoms with Crippen molar-refractivity contribution in [2.75, 3.05) is 5.32 Å². The van der Waals surface area contributed by atoms with Crippen molar-refractivity contribution in [2.45, 2.75) is 6.92 Å². The number of anilines is 1. The van der Waals surface area contributed by atoms with Crippen LogP contribution in [-0.2, 0) is 0 Å². The predicted molar refractivity (Wildman–Crippen MR) is 93.6 cm³/mol. The second-order valence-corrected chi connectivity index (χ2v) is 6.48. The van der Waals surface area contributed by atoms with E-state index in [9.17, 15) is 9.18 Å². The number of hydrogen-bond donors (Lipinski definition) is 1. The molecule has 0 aliphatic carbocycles. The Morgan fingerprint density at radius 3 is 2.84 bits per heavy atom. The molecule has 1 N–H and O–H groups in total. The molecule has 2 aromatic heterocycles. The number of aryl methyl sites for hydroxylation is 1. The Morgan fingerprint density at radius 1 is 1.24 bits per heavy atom.